The largest absolute Gasteiger partial charge is 0.381 e. The van der Waals surface area contributed by atoms with Crippen LogP contribution >= 0.6 is 0 Å². The molecule has 1 aromatic heterocycles. The van der Waals surface area contributed by atoms with Gasteiger partial charge in [0, 0.05) is 42.3 Å². The lowest BCUT2D eigenvalue weighted by Gasteiger charge is -2.36. The van der Waals surface area contributed by atoms with Gasteiger partial charge >= 0.3 is 0 Å². The summed E-state index contributed by atoms with van der Waals surface area (Å²) in [6, 6.07) is 6.55. The molecule has 2 heterocycles. The zero-order chi connectivity index (χ0) is 12.6. The molecule has 0 saturated carbocycles. The molecule has 1 aliphatic heterocycles. The monoisotopic (exact) mass is 244 g/mol. The summed E-state index contributed by atoms with van der Waals surface area (Å²) >= 11 is 0. The van der Waals surface area contributed by atoms with E-state index in [2.05, 4.69) is 36.3 Å². The van der Waals surface area contributed by atoms with Gasteiger partial charge < -0.3 is 15.5 Å². The lowest BCUT2D eigenvalue weighted by molar-refractivity contribution is 0.0534. The highest BCUT2D eigenvalue weighted by atomic mass is 16.5. The fourth-order valence-corrected chi connectivity index (χ4v) is 3.02. The molecule has 0 unspecified atom stereocenters. The van der Waals surface area contributed by atoms with Gasteiger partial charge in [-0.1, -0.05) is 11.6 Å². The molecule has 3 N–H and O–H groups in total. The third-order valence-electron chi connectivity index (χ3n) is 4.25. The molecular weight excluding hydrogens is 224 g/mol. The van der Waals surface area contributed by atoms with Crippen LogP contribution in [-0.2, 0) is 10.2 Å². The van der Waals surface area contributed by atoms with Crippen LogP contribution in [0.1, 0.15) is 24.0 Å². The topological polar surface area (TPSA) is 51.0 Å². The molecule has 2 aromatic rings. The zero-order valence-corrected chi connectivity index (χ0v) is 10.8. The van der Waals surface area contributed by atoms with Crippen LogP contribution in [0.2, 0.25) is 0 Å². The van der Waals surface area contributed by atoms with Gasteiger partial charge in [-0.3, -0.25) is 0 Å². The molecule has 0 atom stereocenters. The summed E-state index contributed by atoms with van der Waals surface area (Å²) in [7, 11) is 0. The van der Waals surface area contributed by atoms with Crippen LogP contribution in [-0.4, -0.2) is 24.7 Å². The van der Waals surface area contributed by atoms with E-state index in [1.54, 1.807) is 0 Å². The molecule has 1 aliphatic rings. The van der Waals surface area contributed by atoms with E-state index in [9.17, 15) is 0 Å². The van der Waals surface area contributed by atoms with Crippen molar-refractivity contribution in [1.82, 2.24) is 4.98 Å². The van der Waals surface area contributed by atoms with Gasteiger partial charge in [-0.15, -0.1) is 0 Å². The highest BCUT2D eigenvalue weighted by Crippen LogP contribution is 2.38. The first-order chi connectivity index (χ1) is 8.75. The van der Waals surface area contributed by atoms with Crippen LogP contribution in [0.3, 0.4) is 0 Å². The maximum absolute atomic E-state index is 6.09. The Morgan fingerprint density at radius 3 is 2.83 bits per heavy atom. The first-order valence-electron chi connectivity index (χ1n) is 6.61. The lowest BCUT2D eigenvalue weighted by Crippen LogP contribution is -2.40. The Morgan fingerprint density at radius 2 is 2.11 bits per heavy atom. The van der Waals surface area contributed by atoms with Gasteiger partial charge in [0.15, 0.2) is 0 Å². The van der Waals surface area contributed by atoms with Gasteiger partial charge in [0.05, 0.1) is 0 Å². The Hall–Kier alpha value is -1.32. The average Bonchev–Trinajstić information content (AvgIpc) is 2.83. The number of aromatic amines is 1. The van der Waals surface area contributed by atoms with Gasteiger partial charge in [-0.2, -0.15) is 0 Å². The summed E-state index contributed by atoms with van der Waals surface area (Å²) in [5.74, 6) is 0. The second-order valence-corrected chi connectivity index (χ2v) is 5.35. The van der Waals surface area contributed by atoms with Crippen LogP contribution in [0.25, 0.3) is 10.9 Å². The molecule has 3 heteroatoms. The SMILES string of the molecule is Cc1ccc2[nH]cc(C3(CN)CCOCC3)c2c1. The zero-order valence-electron chi connectivity index (χ0n) is 10.8. The van der Waals surface area contributed by atoms with Gasteiger partial charge in [0.25, 0.3) is 0 Å². The van der Waals surface area contributed by atoms with Crippen molar-refractivity contribution >= 4 is 10.9 Å². The quantitative estimate of drug-likeness (QED) is 0.852. The van der Waals surface area contributed by atoms with Gasteiger partial charge in [-0.25, -0.2) is 0 Å². The minimum absolute atomic E-state index is 0.0876. The molecule has 0 amide bonds. The van der Waals surface area contributed by atoms with E-state index in [4.69, 9.17) is 10.5 Å². The molecule has 0 aliphatic carbocycles. The minimum atomic E-state index is 0.0876. The Kier molecular flexibility index (Phi) is 2.88. The van der Waals surface area contributed by atoms with Crippen LogP contribution < -0.4 is 5.73 Å². The third kappa shape index (κ3) is 1.74. The van der Waals surface area contributed by atoms with Gasteiger partial charge in [0.1, 0.15) is 0 Å². The summed E-state index contributed by atoms with van der Waals surface area (Å²) in [4.78, 5) is 3.38. The minimum Gasteiger partial charge on any atom is -0.381 e. The molecule has 3 rings (SSSR count). The Bertz CT molecular complexity index is 553. The van der Waals surface area contributed by atoms with E-state index in [0.717, 1.165) is 26.1 Å². The average molecular weight is 244 g/mol. The summed E-state index contributed by atoms with van der Waals surface area (Å²) < 4.78 is 5.49. The summed E-state index contributed by atoms with van der Waals surface area (Å²) in [5, 5.41) is 1.32. The Morgan fingerprint density at radius 1 is 1.33 bits per heavy atom. The summed E-state index contributed by atoms with van der Waals surface area (Å²) in [6.07, 6.45) is 4.18. The number of benzene rings is 1. The van der Waals surface area contributed by atoms with Crippen molar-refractivity contribution in [2.24, 2.45) is 5.73 Å². The number of H-pyrrole nitrogens is 1. The maximum Gasteiger partial charge on any atom is 0.0475 e. The normalized spacial score (nSPS) is 19.2. The van der Waals surface area contributed by atoms with Crippen LogP contribution in [0.15, 0.2) is 24.4 Å². The first-order valence-corrected chi connectivity index (χ1v) is 6.61. The van der Waals surface area contributed by atoms with Crippen molar-refractivity contribution in [3.63, 3.8) is 0 Å². The van der Waals surface area contributed by atoms with Crippen molar-refractivity contribution < 1.29 is 4.74 Å². The molecule has 96 valence electrons. The first kappa shape index (κ1) is 11.8. The van der Waals surface area contributed by atoms with Crippen LogP contribution in [0.5, 0.6) is 0 Å². The van der Waals surface area contributed by atoms with E-state index in [1.807, 2.05) is 0 Å². The molecule has 0 bridgehead atoms. The fourth-order valence-electron chi connectivity index (χ4n) is 3.02. The van der Waals surface area contributed by atoms with Gasteiger partial charge in [-0.05, 0) is 37.5 Å². The summed E-state index contributed by atoms with van der Waals surface area (Å²) in [5.41, 5.74) is 10.0. The highest BCUT2D eigenvalue weighted by Gasteiger charge is 2.35. The third-order valence-corrected chi connectivity index (χ3v) is 4.25. The smallest absolute Gasteiger partial charge is 0.0475 e. The molecular formula is C15H20N2O. The van der Waals surface area contributed by atoms with E-state index in [-0.39, 0.29) is 5.41 Å². The van der Waals surface area contributed by atoms with Crippen molar-refractivity contribution in [2.45, 2.75) is 25.2 Å². The van der Waals surface area contributed by atoms with E-state index < -0.39 is 0 Å². The number of hydrogen-bond acceptors (Lipinski definition) is 2. The molecule has 18 heavy (non-hydrogen) atoms. The second kappa shape index (κ2) is 4.41. The molecule has 1 fully saturated rings. The molecule has 3 nitrogen and oxygen atoms in total. The van der Waals surface area contributed by atoms with E-state index in [0.29, 0.717) is 6.54 Å². The van der Waals surface area contributed by atoms with E-state index in [1.165, 1.54) is 22.0 Å². The van der Waals surface area contributed by atoms with Crippen molar-refractivity contribution in [2.75, 3.05) is 19.8 Å². The van der Waals surface area contributed by atoms with Crippen molar-refractivity contribution in [3.8, 4) is 0 Å². The van der Waals surface area contributed by atoms with Crippen LogP contribution in [0, 0.1) is 6.92 Å². The summed E-state index contributed by atoms with van der Waals surface area (Å²) in [6.45, 7) is 4.46. The van der Waals surface area contributed by atoms with Crippen LogP contribution in [0.4, 0.5) is 0 Å². The van der Waals surface area contributed by atoms with E-state index >= 15 is 0 Å². The predicted molar refractivity (Wildman–Crippen MR) is 73.8 cm³/mol. The molecule has 1 aromatic carbocycles. The van der Waals surface area contributed by atoms with Crippen molar-refractivity contribution in [1.29, 1.82) is 0 Å². The number of ether oxygens (including phenoxy) is 1. The van der Waals surface area contributed by atoms with Crippen molar-refractivity contribution in [3.05, 3.63) is 35.5 Å². The van der Waals surface area contributed by atoms with Gasteiger partial charge in [0.2, 0.25) is 0 Å². The highest BCUT2D eigenvalue weighted by molar-refractivity contribution is 5.85. The molecule has 0 spiro atoms. The Balaban J connectivity index is 2.14. The number of nitrogens with two attached hydrogens (primary N) is 1. The predicted octanol–water partition coefficient (Wildman–Crippen LogP) is 2.48. The number of aryl methyl sites for hydroxylation is 1. The number of fused-ring (bicyclic) bond motifs is 1. The second-order valence-electron chi connectivity index (χ2n) is 5.35. The molecule has 0 radical (unpaired) electrons. The maximum atomic E-state index is 6.09. The number of aromatic nitrogens is 1. The number of hydrogen-bond donors (Lipinski definition) is 2. The number of nitrogens with one attached hydrogen (secondary N) is 1. The lowest BCUT2D eigenvalue weighted by atomic mass is 9.74. The standard InChI is InChI=1S/C15H20N2O/c1-11-2-3-14-12(8-11)13(9-17-14)15(10-16)4-6-18-7-5-15/h2-3,8-9,17H,4-7,10,16H2,1H3. The fraction of sp³-hybridized carbons (Fsp3) is 0.467. The Labute approximate surface area is 107 Å². The number of rotatable bonds is 2. The molecule has 1 saturated heterocycles.